The average Bonchev–Trinajstić information content (AvgIpc) is 3.53. The van der Waals surface area contributed by atoms with Crippen molar-refractivity contribution in [1.29, 1.82) is 0 Å². The second-order valence-electron chi connectivity index (χ2n) is 8.86. The molecular weight excluding hydrogens is 426 g/mol. The summed E-state index contributed by atoms with van der Waals surface area (Å²) in [5, 5.41) is 6.11. The van der Waals surface area contributed by atoms with E-state index in [0.717, 1.165) is 80.4 Å². The third-order valence-corrected chi connectivity index (χ3v) is 7.72. The Labute approximate surface area is 192 Å². The predicted octanol–water partition coefficient (Wildman–Crippen LogP) is 2.76. The lowest BCUT2D eigenvalue weighted by atomic mass is 9.98. The predicted molar refractivity (Wildman–Crippen MR) is 122 cm³/mol. The molecule has 1 spiro atoms. The van der Waals surface area contributed by atoms with E-state index < -0.39 is 5.54 Å². The highest BCUT2D eigenvalue weighted by molar-refractivity contribution is 7.13. The van der Waals surface area contributed by atoms with E-state index in [9.17, 15) is 9.59 Å². The van der Waals surface area contributed by atoms with Crippen LogP contribution < -0.4 is 10.1 Å². The number of nitrogens with one attached hydrogen (secondary N) is 1. The molecule has 2 aromatic rings. The van der Waals surface area contributed by atoms with Gasteiger partial charge in [0.25, 0.3) is 5.91 Å². The molecule has 0 atom stereocenters. The molecule has 170 valence electrons. The zero-order chi connectivity index (χ0) is 22.1. The minimum atomic E-state index is -0.620. The summed E-state index contributed by atoms with van der Waals surface area (Å²) in [6.45, 7) is 4.65. The number of thiazole rings is 1. The van der Waals surface area contributed by atoms with Crippen LogP contribution in [0.4, 0.5) is 4.79 Å². The molecule has 5 rings (SSSR count). The van der Waals surface area contributed by atoms with E-state index in [1.165, 1.54) is 4.90 Å². The number of urea groups is 1. The maximum atomic E-state index is 12.9. The molecule has 0 bridgehead atoms. The van der Waals surface area contributed by atoms with Gasteiger partial charge in [-0.25, -0.2) is 14.7 Å². The number of carbonyl (C=O) groups excluding carboxylic acids is 2. The van der Waals surface area contributed by atoms with Gasteiger partial charge in [-0.2, -0.15) is 0 Å². The summed E-state index contributed by atoms with van der Waals surface area (Å²) >= 11 is 1.66. The second kappa shape index (κ2) is 8.80. The Balaban J connectivity index is 1.13. The van der Waals surface area contributed by atoms with Crippen molar-refractivity contribution in [2.45, 2.75) is 37.8 Å². The van der Waals surface area contributed by atoms with Crippen LogP contribution in [-0.4, -0.2) is 77.1 Å². The van der Waals surface area contributed by atoms with Gasteiger partial charge in [-0.3, -0.25) is 14.6 Å². The molecule has 1 aromatic heterocycles. The SMILES string of the molecule is COc1ccc(-c2nc(CN3CCN(CN4C(=O)NC5(CCCC5)C4=O)CC3)cs2)cc1. The van der Waals surface area contributed by atoms with Crippen molar-refractivity contribution < 1.29 is 14.3 Å². The van der Waals surface area contributed by atoms with Gasteiger partial charge in [0.1, 0.15) is 16.3 Å². The highest BCUT2D eigenvalue weighted by Gasteiger charge is 2.52. The fourth-order valence-corrected chi connectivity index (χ4v) is 5.70. The van der Waals surface area contributed by atoms with Gasteiger partial charge in [-0.05, 0) is 37.1 Å². The summed E-state index contributed by atoms with van der Waals surface area (Å²) in [4.78, 5) is 36.1. The summed E-state index contributed by atoms with van der Waals surface area (Å²) in [6, 6.07) is 7.75. The fourth-order valence-electron chi connectivity index (χ4n) is 4.89. The van der Waals surface area contributed by atoms with Crippen molar-refractivity contribution in [3.8, 4) is 16.3 Å². The first-order valence-corrected chi connectivity index (χ1v) is 12.1. The summed E-state index contributed by atoms with van der Waals surface area (Å²) < 4.78 is 5.23. The third-order valence-electron chi connectivity index (χ3n) is 6.78. The van der Waals surface area contributed by atoms with Crippen molar-refractivity contribution in [3.63, 3.8) is 0 Å². The van der Waals surface area contributed by atoms with Gasteiger partial charge in [0, 0.05) is 43.7 Å². The highest BCUT2D eigenvalue weighted by Crippen LogP contribution is 2.35. The molecule has 1 saturated carbocycles. The Morgan fingerprint density at radius 1 is 1.06 bits per heavy atom. The Bertz CT molecular complexity index is 978. The van der Waals surface area contributed by atoms with E-state index in [1.54, 1.807) is 18.4 Å². The third kappa shape index (κ3) is 4.12. The van der Waals surface area contributed by atoms with Crippen LogP contribution in [0, 0.1) is 0 Å². The number of imide groups is 1. The lowest BCUT2D eigenvalue weighted by Gasteiger charge is -2.35. The molecule has 2 aliphatic heterocycles. The summed E-state index contributed by atoms with van der Waals surface area (Å²) in [7, 11) is 1.67. The van der Waals surface area contributed by atoms with E-state index in [2.05, 4.69) is 20.5 Å². The van der Waals surface area contributed by atoms with Gasteiger partial charge >= 0.3 is 6.03 Å². The molecule has 2 saturated heterocycles. The second-order valence-corrected chi connectivity index (χ2v) is 9.72. The van der Waals surface area contributed by atoms with Crippen molar-refractivity contribution in [3.05, 3.63) is 35.3 Å². The van der Waals surface area contributed by atoms with Gasteiger partial charge in [0.2, 0.25) is 0 Å². The summed E-state index contributed by atoms with van der Waals surface area (Å²) in [6.07, 6.45) is 3.56. The maximum absolute atomic E-state index is 12.9. The maximum Gasteiger partial charge on any atom is 0.326 e. The van der Waals surface area contributed by atoms with Crippen LogP contribution in [0.25, 0.3) is 10.6 Å². The number of carbonyl (C=O) groups is 2. The number of aromatic nitrogens is 1. The molecule has 3 fully saturated rings. The smallest absolute Gasteiger partial charge is 0.326 e. The quantitative estimate of drug-likeness (QED) is 0.675. The standard InChI is InChI=1S/C23H29N5O3S/c1-31-19-6-4-17(5-7-19)20-24-18(15-32-20)14-26-10-12-27(13-11-26)16-28-21(29)23(25-22(28)30)8-2-3-9-23/h4-7,15H,2-3,8-14,16H2,1H3,(H,25,30). The Hall–Kier alpha value is -2.49. The zero-order valence-electron chi connectivity index (χ0n) is 18.4. The van der Waals surface area contributed by atoms with Crippen LogP contribution in [0.5, 0.6) is 5.75 Å². The van der Waals surface area contributed by atoms with E-state index in [-0.39, 0.29) is 11.9 Å². The van der Waals surface area contributed by atoms with Crippen molar-refractivity contribution in [2.24, 2.45) is 0 Å². The number of amides is 3. The molecule has 3 aliphatic rings. The van der Waals surface area contributed by atoms with Crippen LogP contribution in [-0.2, 0) is 11.3 Å². The number of hydrogen-bond acceptors (Lipinski definition) is 7. The molecule has 0 radical (unpaired) electrons. The van der Waals surface area contributed by atoms with Gasteiger partial charge < -0.3 is 10.1 Å². The average molecular weight is 456 g/mol. The molecule has 1 N–H and O–H groups in total. The minimum Gasteiger partial charge on any atom is -0.497 e. The van der Waals surface area contributed by atoms with Crippen LogP contribution in [0.1, 0.15) is 31.4 Å². The Morgan fingerprint density at radius 3 is 2.44 bits per heavy atom. The van der Waals surface area contributed by atoms with Crippen LogP contribution >= 0.6 is 11.3 Å². The summed E-state index contributed by atoms with van der Waals surface area (Å²) in [5.74, 6) is 0.811. The molecule has 1 aliphatic carbocycles. The van der Waals surface area contributed by atoms with Crippen LogP contribution in [0.2, 0.25) is 0 Å². The van der Waals surface area contributed by atoms with E-state index >= 15 is 0 Å². The molecule has 32 heavy (non-hydrogen) atoms. The topological polar surface area (TPSA) is 78.0 Å². The monoisotopic (exact) mass is 455 g/mol. The normalized spacial score (nSPS) is 21.5. The molecule has 3 amide bonds. The lowest BCUT2D eigenvalue weighted by Crippen LogP contribution is -2.51. The Kier molecular flexibility index (Phi) is 5.88. The molecule has 9 heteroatoms. The molecule has 3 heterocycles. The first-order chi connectivity index (χ1) is 15.6. The van der Waals surface area contributed by atoms with E-state index in [4.69, 9.17) is 9.72 Å². The number of piperazine rings is 1. The molecule has 0 unspecified atom stereocenters. The largest absolute Gasteiger partial charge is 0.497 e. The fraction of sp³-hybridized carbons (Fsp3) is 0.522. The first kappa shape index (κ1) is 21.4. The van der Waals surface area contributed by atoms with E-state index in [0.29, 0.717) is 6.67 Å². The highest BCUT2D eigenvalue weighted by atomic mass is 32.1. The number of ether oxygens (including phenoxy) is 1. The van der Waals surface area contributed by atoms with E-state index in [1.807, 2.05) is 24.3 Å². The minimum absolute atomic E-state index is 0.0315. The lowest BCUT2D eigenvalue weighted by molar-refractivity contribution is -0.132. The van der Waals surface area contributed by atoms with Crippen molar-refractivity contribution in [1.82, 2.24) is 25.0 Å². The first-order valence-electron chi connectivity index (χ1n) is 11.2. The number of nitrogens with zero attached hydrogens (tertiary/aromatic N) is 4. The number of benzene rings is 1. The van der Waals surface area contributed by atoms with Crippen molar-refractivity contribution in [2.75, 3.05) is 40.0 Å². The Morgan fingerprint density at radius 2 is 1.75 bits per heavy atom. The molecule has 1 aromatic carbocycles. The number of hydrogen-bond donors (Lipinski definition) is 1. The van der Waals surface area contributed by atoms with Gasteiger partial charge in [-0.1, -0.05) is 12.8 Å². The molecule has 8 nitrogen and oxygen atoms in total. The molecular formula is C23H29N5O3S. The van der Waals surface area contributed by atoms with Crippen LogP contribution in [0.3, 0.4) is 0 Å². The number of rotatable bonds is 6. The van der Waals surface area contributed by atoms with Gasteiger partial charge in [0.05, 0.1) is 19.5 Å². The summed E-state index contributed by atoms with van der Waals surface area (Å²) in [5.41, 5.74) is 1.55. The zero-order valence-corrected chi connectivity index (χ0v) is 19.2. The van der Waals surface area contributed by atoms with Crippen molar-refractivity contribution >= 4 is 23.3 Å². The number of methoxy groups -OCH3 is 1. The van der Waals surface area contributed by atoms with Gasteiger partial charge in [-0.15, -0.1) is 11.3 Å². The van der Waals surface area contributed by atoms with Gasteiger partial charge in [0.15, 0.2) is 0 Å². The van der Waals surface area contributed by atoms with Crippen LogP contribution in [0.15, 0.2) is 29.6 Å².